The molecule has 3 nitrogen and oxygen atoms in total. The number of nitrogens with one attached hydrogen (secondary N) is 1. The number of rotatable bonds is 3. The molecule has 0 aromatic carbocycles. The predicted octanol–water partition coefficient (Wildman–Crippen LogP) is 1.50. The maximum Gasteiger partial charge on any atom is 0.0170 e. The van der Waals surface area contributed by atoms with E-state index in [-0.39, 0.29) is 0 Å². The van der Waals surface area contributed by atoms with Crippen molar-refractivity contribution in [3.63, 3.8) is 0 Å². The van der Waals surface area contributed by atoms with E-state index in [2.05, 4.69) is 47.6 Å². The van der Waals surface area contributed by atoms with E-state index in [0.717, 1.165) is 6.04 Å². The molecule has 0 bridgehead atoms. The molecular weight excluding hydrogens is 242 g/mol. The summed E-state index contributed by atoms with van der Waals surface area (Å²) in [5.41, 5.74) is 0.341. The monoisotopic (exact) mass is 271 g/mol. The average molecular weight is 271 g/mol. The minimum atomic E-state index is 0.341. The molecule has 0 saturated carbocycles. The highest BCUT2D eigenvalue weighted by Gasteiger charge is 2.25. The SMILES string of the molecule is CC(C)(C)N1CCN(CCC2CSCCN2)CC1. The summed E-state index contributed by atoms with van der Waals surface area (Å²) >= 11 is 2.10. The number of nitrogens with zero attached hydrogens (tertiary/aromatic N) is 2. The molecule has 2 aliphatic rings. The minimum absolute atomic E-state index is 0.341. The Morgan fingerprint density at radius 1 is 1.17 bits per heavy atom. The van der Waals surface area contributed by atoms with Crippen molar-refractivity contribution in [1.82, 2.24) is 15.1 Å². The first-order valence-electron chi connectivity index (χ1n) is 7.34. The van der Waals surface area contributed by atoms with Crippen molar-refractivity contribution >= 4 is 11.8 Å². The van der Waals surface area contributed by atoms with Gasteiger partial charge in [-0.1, -0.05) is 0 Å². The van der Waals surface area contributed by atoms with Crippen molar-refractivity contribution in [3.8, 4) is 0 Å². The molecule has 0 aromatic rings. The zero-order valence-electron chi connectivity index (χ0n) is 12.2. The molecule has 2 aliphatic heterocycles. The van der Waals surface area contributed by atoms with Crippen LogP contribution in [0.25, 0.3) is 0 Å². The Kier molecular flexibility index (Phi) is 5.36. The molecule has 0 spiro atoms. The molecule has 2 heterocycles. The Morgan fingerprint density at radius 3 is 2.44 bits per heavy atom. The summed E-state index contributed by atoms with van der Waals surface area (Å²) < 4.78 is 0. The van der Waals surface area contributed by atoms with Gasteiger partial charge in [-0.05, 0) is 33.7 Å². The van der Waals surface area contributed by atoms with Crippen LogP contribution >= 0.6 is 11.8 Å². The molecule has 106 valence electrons. The maximum absolute atomic E-state index is 3.63. The lowest BCUT2D eigenvalue weighted by Gasteiger charge is -2.42. The van der Waals surface area contributed by atoms with Gasteiger partial charge in [-0.2, -0.15) is 11.8 Å². The summed E-state index contributed by atoms with van der Waals surface area (Å²) in [5, 5.41) is 3.63. The highest BCUT2D eigenvalue weighted by Crippen LogP contribution is 2.16. The topological polar surface area (TPSA) is 18.5 Å². The molecule has 1 N–H and O–H groups in total. The van der Waals surface area contributed by atoms with Gasteiger partial charge in [0, 0.05) is 55.8 Å². The fraction of sp³-hybridized carbons (Fsp3) is 1.00. The second kappa shape index (κ2) is 6.60. The van der Waals surface area contributed by atoms with Crippen molar-refractivity contribution in [3.05, 3.63) is 0 Å². The Balaban J connectivity index is 1.64. The van der Waals surface area contributed by atoms with E-state index in [9.17, 15) is 0 Å². The van der Waals surface area contributed by atoms with Crippen molar-refractivity contribution in [2.75, 3.05) is 50.8 Å². The average Bonchev–Trinajstić information content (AvgIpc) is 2.37. The summed E-state index contributed by atoms with van der Waals surface area (Å²) in [5.74, 6) is 2.60. The van der Waals surface area contributed by atoms with Gasteiger partial charge in [-0.25, -0.2) is 0 Å². The van der Waals surface area contributed by atoms with Gasteiger partial charge in [-0.15, -0.1) is 0 Å². The first-order valence-corrected chi connectivity index (χ1v) is 8.50. The van der Waals surface area contributed by atoms with Crippen molar-refractivity contribution in [2.45, 2.75) is 38.8 Å². The Hall–Kier alpha value is 0.230. The van der Waals surface area contributed by atoms with E-state index >= 15 is 0 Å². The molecule has 2 fully saturated rings. The van der Waals surface area contributed by atoms with Gasteiger partial charge >= 0.3 is 0 Å². The van der Waals surface area contributed by atoms with Crippen LogP contribution < -0.4 is 5.32 Å². The Labute approximate surface area is 117 Å². The molecule has 1 atom stereocenters. The van der Waals surface area contributed by atoms with Crippen molar-refractivity contribution in [2.24, 2.45) is 0 Å². The first-order chi connectivity index (χ1) is 8.55. The highest BCUT2D eigenvalue weighted by molar-refractivity contribution is 7.99. The smallest absolute Gasteiger partial charge is 0.0170 e. The maximum atomic E-state index is 3.63. The molecule has 0 amide bonds. The lowest BCUT2D eigenvalue weighted by atomic mass is 10.0. The highest BCUT2D eigenvalue weighted by atomic mass is 32.2. The van der Waals surface area contributed by atoms with Crippen LogP contribution in [-0.2, 0) is 0 Å². The molecule has 0 radical (unpaired) electrons. The summed E-state index contributed by atoms with van der Waals surface area (Å²) in [6.45, 7) is 14.4. The van der Waals surface area contributed by atoms with Gasteiger partial charge < -0.3 is 10.2 Å². The lowest BCUT2D eigenvalue weighted by Crippen LogP contribution is -2.54. The van der Waals surface area contributed by atoms with Crippen molar-refractivity contribution in [1.29, 1.82) is 0 Å². The first kappa shape index (κ1) is 14.6. The number of thioether (sulfide) groups is 1. The van der Waals surface area contributed by atoms with Crippen LogP contribution in [0.3, 0.4) is 0 Å². The molecule has 0 aliphatic carbocycles. The number of hydrogen-bond acceptors (Lipinski definition) is 4. The minimum Gasteiger partial charge on any atom is -0.312 e. The zero-order chi connectivity index (χ0) is 13.0. The largest absolute Gasteiger partial charge is 0.312 e. The summed E-state index contributed by atoms with van der Waals surface area (Å²) in [4.78, 5) is 5.25. The van der Waals surface area contributed by atoms with E-state index in [0.29, 0.717) is 5.54 Å². The third-order valence-electron chi connectivity index (χ3n) is 4.11. The van der Waals surface area contributed by atoms with Crippen LogP contribution in [-0.4, -0.2) is 72.2 Å². The third kappa shape index (κ3) is 4.41. The second-order valence-corrected chi connectivity index (χ2v) is 7.66. The molecular formula is C14H29N3S. The van der Waals surface area contributed by atoms with Gasteiger partial charge in [0.2, 0.25) is 0 Å². The quantitative estimate of drug-likeness (QED) is 0.838. The van der Waals surface area contributed by atoms with Crippen LogP contribution in [0.5, 0.6) is 0 Å². The van der Waals surface area contributed by atoms with E-state index < -0.39 is 0 Å². The number of piperazine rings is 1. The van der Waals surface area contributed by atoms with E-state index in [1.807, 2.05) is 0 Å². The van der Waals surface area contributed by atoms with Gasteiger partial charge in [0.15, 0.2) is 0 Å². The predicted molar refractivity (Wildman–Crippen MR) is 81.5 cm³/mol. The fourth-order valence-electron chi connectivity index (χ4n) is 2.79. The van der Waals surface area contributed by atoms with Crippen LogP contribution in [0.2, 0.25) is 0 Å². The summed E-state index contributed by atoms with van der Waals surface area (Å²) in [6, 6.07) is 0.754. The fourth-order valence-corrected chi connectivity index (χ4v) is 3.78. The molecule has 18 heavy (non-hydrogen) atoms. The number of hydrogen-bond donors (Lipinski definition) is 1. The molecule has 2 rings (SSSR count). The summed E-state index contributed by atoms with van der Waals surface area (Å²) in [6.07, 6.45) is 1.32. The normalized spacial score (nSPS) is 28.5. The second-order valence-electron chi connectivity index (χ2n) is 6.51. The Morgan fingerprint density at radius 2 is 1.89 bits per heavy atom. The van der Waals surface area contributed by atoms with Crippen LogP contribution in [0.4, 0.5) is 0 Å². The molecule has 2 saturated heterocycles. The molecule has 4 heteroatoms. The van der Waals surface area contributed by atoms with Gasteiger partial charge in [0.25, 0.3) is 0 Å². The van der Waals surface area contributed by atoms with Crippen molar-refractivity contribution < 1.29 is 0 Å². The van der Waals surface area contributed by atoms with Gasteiger partial charge in [0.05, 0.1) is 0 Å². The third-order valence-corrected chi connectivity index (χ3v) is 5.24. The standard InChI is InChI=1S/C14H29N3S/c1-14(2,3)17-9-7-16(8-10-17)6-4-13-12-18-11-5-15-13/h13,15H,4-12H2,1-3H3. The van der Waals surface area contributed by atoms with Crippen LogP contribution in [0, 0.1) is 0 Å². The zero-order valence-corrected chi connectivity index (χ0v) is 13.1. The van der Waals surface area contributed by atoms with Gasteiger partial charge in [0.1, 0.15) is 0 Å². The molecule has 1 unspecified atom stereocenters. The molecule has 0 aromatic heterocycles. The van der Waals surface area contributed by atoms with E-state index in [4.69, 9.17) is 0 Å². The summed E-state index contributed by atoms with van der Waals surface area (Å²) in [7, 11) is 0. The lowest BCUT2D eigenvalue weighted by molar-refractivity contribution is 0.0609. The van der Waals surface area contributed by atoms with E-state index in [1.54, 1.807) is 0 Å². The Bertz CT molecular complexity index is 238. The van der Waals surface area contributed by atoms with Gasteiger partial charge in [-0.3, -0.25) is 4.90 Å². The van der Waals surface area contributed by atoms with E-state index in [1.165, 1.54) is 57.2 Å². The van der Waals surface area contributed by atoms with Crippen LogP contribution in [0.15, 0.2) is 0 Å². The van der Waals surface area contributed by atoms with Crippen LogP contribution in [0.1, 0.15) is 27.2 Å².